The van der Waals surface area contributed by atoms with Crippen LogP contribution in [0.2, 0.25) is 5.02 Å². The maximum atomic E-state index is 12.7. The summed E-state index contributed by atoms with van der Waals surface area (Å²) in [6, 6.07) is 5.28. The molecule has 0 aliphatic carbocycles. The average molecular weight is 315 g/mol. The molecular formula is C14H19ClN2O2S. The summed E-state index contributed by atoms with van der Waals surface area (Å²) in [5.41, 5.74) is 6.74. The number of nitrogen functional groups attached to an aromatic ring is 1. The van der Waals surface area contributed by atoms with Gasteiger partial charge in [0.15, 0.2) is 0 Å². The van der Waals surface area contributed by atoms with Gasteiger partial charge in [0.2, 0.25) is 0 Å². The second-order valence-electron chi connectivity index (χ2n) is 4.75. The van der Waals surface area contributed by atoms with E-state index in [0.29, 0.717) is 29.4 Å². The predicted molar refractivity (Wildman–Crippen MR) is 84.5 cm³/mol. The molecule has 20 heavy (non-hydrogen) atoms. The number of nitrogens with two attached hydrogens (primary N) is 1. The highest BCUT2D eigenvalue weighted by atomic mass is 35.5. The van der Waals surface area contributed by atoms with Gasteiger partial charge in [0, 0.05) is 31.1 Å². The maximum Gasteiger partial charge on any atom is 0.255 e. The highest BCUT2D eigenvalue weighted by Gasteiger charge is 2.28. The number of hydrogen-bond donors (Lipinski definition) is 1. The fourth-order valence-corrected chi connectivity index (χ4v) is 3.76. The number of nitrogens with zero attached hydrogens (tertiary/aromatic N) is 1. The van der Waals surface area contributed by atoms with Gasteiger partial charge in [0.1, 0.15) is 0 Å². The highest BCUT2D eigenvalue weighted by molar-refractivity contribution is 7.99. The lowest BCUT2D eigenvalue weighted by molar-refractivity contribution is 0.0625. The van der Waals surface area contributed by atoms with Gasteiger partial charge in [-0.2, -0.15) is 11.8 Å². The summed E-state index contributed by atoms with van der Waals surface area (Å²) < 4.78 is 5.11. The van der Waals surface area contributed by atoms with Crippen molar-refractivity contribution in [1.29, 1.82) is 0 Å². The number of methoxy groups -OCH3 is 1. The smallest absolute Gasteiger partial charge is 0.255 e. The van der Waals surface area contributed by atoms with E-state index in [-0.39, 0.29) is 11.9 Å². The molecule has 2 rings (SSSR count). The van der Waals surface area contributed by atoms with Gasteiger partial charge in [-0.1, -0.05) is 11.6 Å². The first-order valence-corrected chi connectivity index (χ1v) is 8.09. The summed E-state index contributed by atoms with van der Waals surface area (Å²) >= 11 is 8.02. The molecule has 0 spiro atoms. The Morgan fingerprint density at radius 1 is 1.60 bits per heavy atom. The van der Waals surface area contributed by atoms with Gasteiger partial charge in [0.05, 0.1) is 17.2 Å². The first-order valence-electron chi connectivity index (χ1n) is 6.56. The lowest BCUT2D eigenvalue weighted by Crippen LogP contribution is -2.42. The van der Waals surface area contributed by atoms with Gasteiger partial charge in [-0.05, 0) is 30.4 Å². The van der Waals surface area contributed by atoms with E-state index in [1.165, 1.54) is 0 Å². The van der Waals surface area contributed by atoms with Crippen LogP contribution in [-0.4, -0.2) is 48.6 Å². The van der Waals surface area contributed by atoms with Crippen LogP contribution in [0.4, 0.5) is 5.69 Å². The van der Waals surface area contributed by atoms with Crippen molar-refractivity contribution in [1.82, 2.24) is 4.90 Å². The third-order valence-corrected chi connectivity index (χ3v) is 4.82. The molecular weight excluding hydrogens is 296 g/mol. The normalized spacial score (nSPS) is 18.2. The molecule has 6 heteroatoms. The Morgan fingerprint density at radius 3 is 3.00 bits per heavy atom. The van der Waals surface area contributed by atoms with E-state index in [1.54, 1.807) is 25.3 Å². The van der Waals surface area contributed by atoms with Crippen molar-refractivity contribution >= 4 is 35.0 Å². The van der Waals surface area contributed by atoms with Gasteiger partial charge in [-0.15, -0.1) is 0 Å². The summed E-state index contributed by atoms with van der Waals surface area (Å²) in [4.78, 5) is 14.6. The number of carbonyl (C=O) groups excluding carboxylic acids is 1. The Balaban J connectivity index is 2.20. The topological polar surface area (TPSA) is 55.6 Å². The van der Waals surface area contributed by atoms with Crippen molar-refractivity contribution in [3.05, 3.63) is 28.8 Å². The molecule has 1 aliphatic heterocycles. The molecule has 0 aromatic heterocycles. The number of benzene rings is 1. The largest absolute Gasteiger partial charge is 0.399 e. The zero-order valence-corrected chi connectivity index (χ0v) is 13.0. The van der Waals surface area contributed by atoms with Crippen LogP contribution in [0.1, 0.15) is 16.8 Å². The van der Waals surface area contributed by atoms with Crippen LogP contribution in [0, 0.1) is 0 Å². The van der Waals surface area contributed by atoms with Gasteiger partial charge in [-0.25, -0.2) is 0 Å². The molecule has 2 N–H and O–H groups in total. The van der Waals surface area contributed by atoms with Crippen molar-refractivity contribution in [3.8, 4) is 0 Å². The van der Waals surface area contributed by atoms with Crippen LogP contribution in [0.15, 0.2) is 18.2 Å². The molecule has 0 saturated carbocycles. The van der Waals surface area contributed by atoms with Gasteiger partial charge >= 0.3 is 0 Å². The van der Waals surface area contributed by atoms with Crippen LogP contribution < -0.4 is 5.73 Å². The number of rotatable bonds is 5. The van der Waals surface area contributed by atoms with Gasteiger partial charge in [-0.3, -0.25) is 4.79 Å². The number of hydrogen-bond acceptors (Lipinski definition) is 4. The Hall–Kier alpha value is -0.910. The average Bonchev–Trinajstić information content (AvgIpc) is 2.93. The van der Waals surface area contributed by atoms with Crippen LogP contribution in [-0.2, 0) is 4.74 Å². The van der Waals surface area contributed by atoms with E-state index in [2.05, 4.69) is 0 Å². The third-order valence-electron chi connectivity index (χ3n) is 3.37. The van der Waals surface area contributed by atoms with E-state index in [4.69, 9.17) is 22.1 Å². The van der Waals surface area contributed by atoms with Crippen LogP contribution in [0.5, 0.6) is 0 Å². The molecule has 1 unspecified atom stereocenters. The first-order chi connectivity index (χ1) is 9.63. The number of ether oxygens (including phenoxy) is 1. The fourth-order valence-electron chi connectivity index (χ4n) is 2.27. The maximum absolute atomic E-state index is 12.7. The molecule has 1 aliphatic rings. The van der Waals surface area contributed by atoms with Crippen LogP contribution in [0.25, 0.3) is 0 Å². The number of halogens is 1. The van der Waals surface area contributed by atoms with Crippen molar-refractivity contribution in [2.45, 2.75) is 12.5 Å². The lowest BCUT2D eigenvalue weighted by Gasteiger charge is -2.28. The Labute approximate surface area is 128 Å². The van der Waals surface area contributed by atoms with E-state index in [9.17, 15) is 4.79 Å². The molecule has 1 saturated heterocycles. The van der Waals surface area contributed by atoms with Crippen LogP contribution >= 0.6 is 23.4 Å². The van der Waals surface area contributed by atoms with Crippen LogP contribution in [0.3, 0.4) is 0 Å². The molecule has 110 valence electrons. The molecule has 1 aromatic rings. The Morgan fingerprint density at radius 2 is 2.40 bits per heavy atom. The third kappa shape index (κ3) is 3.59. The molecule has 1 aromatic carbocycles. The molecule has 4 nitrogen and oxygen atoms in total. The summed E-state index contributed by atoms with van der Waals surface area (Å²) in [6.45, 7) is 1.11. The Kier molecular flexibility index (Phi) is 5.57. The number of anilines is 1. The van der Waals surface area contributed by atoms with Crippen molar-refractivity contribution < 1.29 is 9.53 Å². The second kappa shape index (κ2) is 7.20. The number of carbonyl (C=O) groups is 1. The molecule has 0 radical (unpaired) electrons. The van der Waals surface area contributed by atoms with E-state index in [0.717, 1.165) is 17.9 Å². The van der Waals surface area contributed by atoms with Crippen molar-refractivity contribution in [2.24, 2.45) is 0 Å². The van der Waals surface area contributed by atoms with E-state index < -0.39 is 0 Å². The SMILES string of the molecule is COCCN(C(=O)c1ccc(N)cc1Cl)C1CCSC1. The van der Waals surface area contributed by atoms with Crippen molar-refractivity contribution in [3.63, 3.8) is 0 Å². The van der Waals surface area contributed by atoms with Gasteiger partial charge in [0.25, 0.3) is 5.91 Å². The predicted octanol–water partition coefficient (Wildman–Crippen LogP) is 2.52. The quantitative estimate of drug-likeness (QED) is 0.849. The minimum absolute atomic E-state index is 0.0421. The molecule has 1 amide bonds. The highest BCUT2D eigenvalue weighted by Crippen LogP contribution is 2.26. The van der Waals surface area contributed by atoms with E-state index >= 15 is 0 Å². The van der Waals surface area contributed by atoms with E-state index in [1.807, 2.05) is 16.7 Å². The Bertz CT molecular complexity index is 478. The summed E-state index contributed by atoms with van der Waals surface area (Å²) in [5.74, 6) is 2.03. The standard InChI is InChI=1S/C14H19ClN2O2S/c1-19-6-5-17(11-4-7-20-9-11)14(18)12-3-2-10(16)8-13(12)15/h2-3,8,11H,4-7,9,16H2,1H3. The monoisotopic (exact) mass is 314 g/mol. The lowest BCUT2D eigenvalue weighted by atomic mass is 10.1. The summed E-state index contributed by atoms with van der Waals surface area (Å²) in [7, 11) is 1.64. The summed E-state index contributed by atoms with van der Waals surface area (Å²) in [6.07, 6.45) is 1.02. The molecule has 1 atom stereocenters. The summed E-state index contributed by atoms with van der Waals surface area (Å²) in [5, 5.41) is 0.406. The zero-order chi connectivity index (χ0) is 14.5. The molecule has 1 heterocycles. The minimum atomic E-state index is -0.0421. The number of thioether (sulfide) groups is 1. The fraction of sp³-hybridized carbons (Fsp3) is 0.500. The molecule has 0 bridgehead atoms. The molecule has 1 fully saturated rings. The van der Waals surface area contributed by atoms with Gasteiger partial charge < -0.3 is 15.4 Å². The first kappa shape index (κ1) is 15.5. The zero-order valence-electron chi connectivity index (χ0n) is 11.5. The minimum Gasteiger partial charge on any atom is -0.399 e. The second-order valence-corrected chi connectivity index (χ2v) is 6.31. The van der Waals surface area contributed by atoms with Crippen molar-refractivity contribution in [2.75, 3.05) is 37.5 Å². The number of amides is 1.